The zero-order chi connectivity index (χ0) is 18.7. The molecule has 0 radical (unpaired) electrons. The first-order valence-corrected chi connectivity index (χ1v) is 11.0. The lowest BCUT2D eigenvalue weighted by Crippen LogP contribution is -2.47. The van der Waals surface area contributed by atoms with Crippen molar-refractivity contribution >= 4 is 35.1 Å². The highest BCUT2D eigenvalue weighted by atomic mass is 35.5. The van der Waals surface area contributed by atoms with Crippen molar-refractivity contribution < 1.29 is 14.3 Å². The molecule has 0 bridgehead atoms. The summed E-state index contributed by atoms with van der Waals surface area (Å²) in [5.41, 5.74) is 0. The number of halogens is 1. The van der Waals surface area contributed by atoms with Gasteiger partial charge in [-0.15, -0.1) is 0 Å². The normalized spacial score (nSPS) is 22.4. The fourth-order valence-electron chi connectivity index (χ4n) is 3.84. The molecule has 0 aliphatic carbocycles. The molecule has 0 aromatic carbocycles. The van der Waals surface area contributed by atoms with Crippen molar-refractivity contribution in [1.82, 2.24) is 14.9 Å². The van der Waals surface area contributed by atoms with Crippen LogP contribution in [0.15, 0.2) is 11.2 Å². The minimum absolute atomic E-state index is 0.0935. The van der Waals surface area contributed by atoms with Crippen molar-refractivity contribution in [3.05, 3.63) is 11.2 Å². The largest absolute Gasteiger partial charge is 0.356 e. The van der Waals surface area contributed by atoms with E-state index in [0.29, 0.717) is 42.4 Å². The van der Waals surface area contributed by atoms with Gasteiger partial charge in [0.2, 0.25) is 5.91 Å². The smallest absolute Gasteiger partial charge is 0.233 e. The SMILES string of the molecule is O=C(CSc1nc(Cl)cc(N2CCCCC2)n1)N1CCC2(CC1)OCCO2. The second-order valence-corrected chi connectivity index (χ2v) is 8.49. The molecule has 9 heteroatoms. The number of carbonyl (C=O) groups is 1. The van der Waals surface area contributed by atoms with Gasteiger partial charge in [0.05, 0.1) is 19.0 Å². The van der Waals surface area contributed by atoms with Crippen LogP contribution in [0.1, 0.15) is 32.1 Å². The fourth-order valence-corrected chi connectivity index (χ4v) is 4.82. The molecule has 1 spiro atoms. The zero-order valence-corrected chi connectivity index (χ0v) is 16.9. The van der Waals surface area contributed by atoms with Gasteiger partial charge in [-0.05, 0) is 19.3 Å². The van der Waals surface area contributed by atoms with Gasteiger partial charge >= 0.3 is 0 Å². The van der Waals surface area contributed by atoms with Crippen LogP contribution in [0.5, 0.6) is 0 Å². The van der Waals surface area contributed by atoms with Crippen molar-refractivity contribution in [2.75, 3.05) is 50.0 Å². The highest BCUT2D eigenvalue weighted by Crippen LogP contribution is 2.31. The van der Waals surface area contributed by atoms with Crippen molar-refractivity contribution in [2.24, 2.45) is 0 Å². The number of rotatable bonds is 4. The quantitative estimate of drug-likeness (QED) is 0.427. The standard InChI is InChI=1S/C18H25ClN4O3S/c19-14-12-15(22-6-2-1-3-7-22)21-17(20-14)27-13-16(24)23-8-4-18(5-9-23)25-10-11-26-18/h12H,1-11,13H2. The van der Waals surface area contributed by atoms with Gasteiger partial charge in [0, 0.05) is 45.1 Å². The molecule has 3 saturated heterocycles. The minimum Gasteiger partial charge on any atom is -0.356 e. The molecule has 4 rings (SSSR count). The van der Waals surface area contributed by atoms with E-state index < -0.39 is 5.79 Å². The Balaban J connectivity index is 1.31. The lowest BCUT2D eigenvalue weighted by atomic mass is 10.0. The third-order valence-electron chi connectivity index (χ3n) is 5.36. The maximum Gasteiger partial charge on any atom is 0.233 e. The van der Waals surface area contributed by atoms with Gasteiger partial charge in [-0.1, -0.05) is 23.4 Å². The molecule has 3 aliphatic heterocycles. The third kappa shape index (κ3) is 4.67. The van der Waals surface area contributed by atoms with Crippen LogP contribution in [0.3, 0.4) is 0 Å². The van der Waals surface area contributed by atoms with Crippen LogP contribution >= 0.6 is 23.4 Å². The number of ether oxygens (including phenoxy) is 2. The molecule has 3 fully saturated rings. The van der Waals surface area contributed by atoms with E-state index in [0.717, 1.165) is 31.7 Å². The second-order valence-electron chi connectivity index (χ2n) is 7.16. The summed E-state index contributed by atoms with van der Waals surface area (Å²) in [6.45, 7) is 4.61. The average Bonchev–Trinajstić information content (AvgIpc) is 3.15. The maximum atomic E-state index is 12.6. The first kappa shape index (κ1) is 19.2. The van der Waals surface area contributed by atoms with Crippen molar-refractivity contribution in [1.29, 1.82) is 0 Å². The molecule has 4 heterocycles. The van der Waals surface area contributed by atoms with Crippen LogP contribution in [0, 0.1) is 0 Å². The van der Waals surface area contributed by atoms with E-state index in [2.05, 4.69) is 14.9 Å². The van der Waals surface area contributed by atoms with Gasteiger partial charge in [-0.3, -0.25) is 4.79 Å². The van der Waals surface area contributed by atoms with E-state index in [1.807, 2.05) is 11.0 Å². The van der Waals surface area contributed by atoms with Crippen LogP contribution in [0.25, 0.3) is 0 Å². The number of thioether (sulfide) groups is 1. The van der Waals surface area contributed by atoms with E-state index in [1.165, 1.54) is 31.0 Å². The van der Waals surface area contributed by atoms with Gasteiger partial charge in [0.15, 0.2) is 10.9 Å². The van der Waals surface area contributed by atoms with Crippen LogP contribution in [-0.2, 0) is 14.3 Å². The first-order chi connectivity index (χ1) is 13.1. The number of nitrogens with zero attached hydrogens (tertiary/aromatic N) is 4. The lowest BCUT2D eigenvalue weighted by molar-refractivity contribution is -0.186. The average molecular weight is 413 g/mol. The van der Waals surface area contributed by atoms with Crippen LogP contribution in [0.2, 0.25) is 5.15 Å². The molecule has 1 amide bonds. The Kier molecular flexibility index (Phi) is 6.06. The molecule has 0 unspecified atom stereocenters. The summed E-state index contributed by atoms with van der Waals surface area (Å²) in [6.07, 6.45) is 5.07. The predicted octanol–water partition coefficient (Wildman–Crippen LogP) is 2.58. The molecule has 148 valence electrons. The molecular weight excluding hydrogens is 388 g/mol. The molecule has 1 aromatic heterocycles. The van der Waals surface area contributed by atoms with E-state index in [-0.39, 0.29) is 5.91 Å². The van der Waals surface area contributed by atoms with Crippen molar-refractivity contribution in [3.8, 4) is 0 Å². The summed E-state index contributed by atoms with van der Waals surface area (Å²) in [7, 11) is 0. The van der Waals surface area contributed by atoms with Crippen LogP contribution < -0.4 is 4.90 Å². The number of amides is 1. The Hall–Kier alpha value is -1.09. The molecular formula is C18H25ClN4O3S. The number of piperidine rings is 2. The number of hydrogen-bond acceptors (Lipinski definition) is 7. The van der Waals surface area contributed by atoms with Crippen molar-refractivity contribution in [3.63, 3.8) is 0 Å². The monoisotopic (exact) mass is 412 g/mol. The summed E-state index contributed by atoms with van der Waals surface area (Å²) in [6, 6.07) is 1.81. The molecule has 27 heavy (non-hydrogen) atoms. The molecule has 0 atom stereocenters. The summed E-state index contributed by atoms with van der Waals surface area (Å²) >= 11 is 7.54. The van der Waals surface area contributed by atoms with Gasteiger partial charge in [-0.25, -0.2) is 9.97 Å². The Bertz CT molecular complexity index is 671. The number of hydrogen-bond donors (Lipinski definition) is 0. The minimum atomic E-state index is -0.455. The zero-order valence-electron chi connectivity index (χ0n) is 15.4. The summed E-state index contributed by atoms with van der Waals surface area (Å²) in [5, 5.41) is 0.989. The van der Waals surface area contributed by atoms with E-state index in [1.54, 1.807) is 0 Å². The highest BCUT2D eigenvalue weighted by molar-refractivity contribution is 7.99. The van der Waals surface area contributed by atoms with Gasteiger partial charge in [-0.2, -0.15) is 0 Å². The Morgan fingerprint density at radius 1 is 1.11 bits per heavy atom. The van der Waals surface area contributed by atoms with Gasteiger partial charge in [0.25, 0.3) is 0 Å². The molecule has 0 N–H and O–H groups in total. The Morgan fingerprint density at radius 2 is 1.81 bits per heavy atom. The summed E-state index contributed by atoms with van der Waals surface area (Å²) in [4.78, 5) is 25.6. The highest BCUT2D eigenvalue weighted by Gasteiger charge is 2.40. The second kappa shape index (κ2) is 8.51. The fraction of sp³-hybridized carbons (Fsp3) is 0.722. The van der Waals surface area contributed by atoms with E-state index in [9.17, 15) is 4.79 Å². The maximum absolute atomic E-state index is 12.6. The van der Waals surface area contributed by atoms with Crippen LogP contribution in [-0.4, -0.2) is 71.7 Å². The first-order valence-electron chi connectivity index (χ1n) is 9.62. The van der Waals surface area contributed by atoms with Crippen LogP contribution in [0.4, 0.5) is 5.82 Å². The van der Waals surface area contributed by atoms with Gasteiger partial charge in [0.1, 0.15) is 11.0 Å². The molecule has 1 aromatic rings. The number of likely N-dealkylation sites (tertiary alicyclic amines) is 1. The third-order valence-corrected chi connectivity index (χ3v) is 6.38. The molecule has 3 aliphatic rings. The molecule has 0 saturated carbocycles. The number of aromatic nitrogens is 2. The van der Waals surface area contributed by atoms with E-state index >= 15 is 0 Å². The predicted molar refractivity (Wildman–Crippen MR) is 104 cm³/mol. The number of anilines is 1. The summed E-state index contributed by atoms with van der Waals surface area (Å²) < 4.78 is 11.4. The lowest BCUT2D eigenvalue weighted by Gasteiger charge is -2.37. The Labute approximate surface area is 168 Å². The van der Waals surface area contributed by atoms with Crippen molar-refractivity contribution in [2.45, 2.75) is 43.0 Å². The molecule has 7 nitrogen and oxygen atoms in total. The number of carbonyl (C=O) groups excluding carboxylic acids is 1. The summed E-state index contributed by atoms with van der Waals surface area (Å²) in [5.74, 6) is 0.814. The topological polar surface area (TPSA) is 67.8 Å². The van der Waals surface area contributed by atoms with E-state index in [4.69, 9.17) is 21.1 Å². The Morgan fingerprint density at radius 3 is 2.52 bits per heavy atom. The van der Waals surface area contributed by atoms with Gasteiger partial charge < -0.3 is 19.3 Å².